The molecular formula is C20H26ClN3O3. The molecule has 1 atom stereocenters. The smallest absolute Gasteiger partial charge is 0.269 e. The SMILES string of the molecule is CC(C)NC(=O)C1CCN(C(=O)C2(C)CC(c3ccccc3Cl)=NO2)CC1. The van der Waals surface area contributed by atoms with Gasteiger partial charge >= 0.3 is 0 Å². The molecule has 0 radical (unpaired) electrons. The maximum atomic E-state index is 13.0. The predicted octanol–water partition coefficient (Wildman–Crippen LogP) is 2.99. The van der Waals surface area contributed by atoms with Crippen LogP contribution in [0.15, 0.2) is 29.4 Å². The third-order valence-electron chi connectivity index (χ3n) is 5.08. The van der Waals surface area contributed by atoms with Gasteiger partial charge in [0.2, 0.25) is 11.5 Å². The molecule has 146 valence electrons. The first-order valence-electron chi connectivity index (χ1n) is 9.40. The first-order valence-corrected chi connectivity index (χ1v) is 9.77. The van der Waals surface area contributed by atoms with E-state index >= 15 is 0 Å². The van der Waals surface area contributed by atoms with Gasteiger partial charge in [0.05, 0.1) is 5.71 Å². The Bertz CT molecular complexity index is 757. The minimum atomic E-state index is -1.03. The van der Waals surface area contributed by atoms with Gasteiger partial charge in [-0.15, -0.1) is 0 Å². The fourth-order valence-corrected chi connectivity index (χ4v) is 3.82. The van der Waals surface area contributed by atoms with E-state index in [1.807, 2.05) is 32.0 Å². The number of rotatable bonds is 4. The number of piperidine rings is 1. The van der Waals surface area contributed by atoms with E-state index in [1.54, 1.807) is 17.9 Å². The molecule has 1 aromatic carbocycles. The molecule has 1 saturated heterocycles. The van der Waals surface area contributed by atoms with E-state index in [1.165, 1.54) is 0 Å². The van der Waals surface area contributed by atoms with Crippen molar-refractivity contribution in [3.63, 3.8) is 0 Å². The Kier molecular flexibility index (Phi) is 5.75. The third kappa shape index (κ3) is 4.26. The second kappa shape index (κ2) is 7.89. The maximum Gasteiger partial charge on any atom is 0.269 e. The standard InChI is InChI=1S/C20H26ClN3O3/c1-13(2)22-18(25)14-8-10-24(11-9-14)19(26)20(3)12-17(23-27-20)15-6-4-5-7-16(15)21/h4-7,13-14H,8-12H2,1-3H3,(H,22,25). The molecule has 0 saturated carbocycles. The number of nitrogens with zero attached hydrogens (tertiary/aromatic N) is 2. The van der Waals surface area contributed by atoms with Crippen LogP contribution < -0.4 is 5.32 Å². The number of hydrogen-bond acceptors (Lipinski definition) is 4. The number of halogens is 1. The number of nitrogens with one attached hydrogen (secondary N) is 1. The molecule has 6 nitrogen and oxygen atoms in total. The van der Waals surface area contributed by atoms with E-state index in [0.29, 0.717) is 43.1 Å². The summed E-state index contributed by atoms with van der Waals surface area (Å²) in [7, 11) is 0. The molecule has 27 heavy (non-hydrogen) atoms. The van der Waals surface area contributed by atoms with Crippen molar-refractivity contribution in [1.82, 2.24) is 10.2 Å². The van der Waals surface area contributed by atoms with Gasteiger partial charge < -0.3 is 15.1 Å². The summed E-state index contributed by atoms with van der Waals surface area (Å²) in [6.45, 7) is 6.77. The van der Waals surface area contributed by atoms with Crippen LogP contribution in [-0.4, -0.2) is 47.2 Å². The van der Waals surface area contributed by atoms with Crippen LogP contribution in [0.1, 0.15) is 45.6 Å². The van der Waals surface area contributed by atoms with E-state index in [-0.39, 0.29) is 23.8 Å². The molecule has 1 fully saturated rings. The van der Waals surface area contributed by atoms with Gasteiger partial charge in [-0.3, -0.25) is 9.59 Å². The molecule has 0 bridgehead atoms. The molecule has 0 spiro atoms. The highest BCUT2D eigenvalue weighted by molar-refractivity contribution is 6.34. The zero-order chi connectivity index (χ0) is 19.6. The van der Waals surface area contributed by atoms with Gasteiger partial charge in [0, 0.05) is 42.1 Å². The summed E-state index contributed by atoms with van der Waals surface area (Å²) in [5, 5.41) is 7.67. The number of carbonyl (C=O) groups is 2. The maximum absolute atomic E-state index is 13.0. The van der Waals surface area contributed by atoms with Crippen LogP contribution in [0.25, 0.3) is 0 Å². The van der Waals surface area contributed by atoms with Gasteiger partial charge in [-0.1, -0.05) is 35.0 Å². The lowest BCUT2D eigenvalue weighted by molar-refractivity contribution is -0.155. The van der Waals surface area contributed by atoms with Crippen molar-refractivity contribution in [2.75, 3.05) is 13.1 Å². The van der Waals surface area contributed by atoms with Crippen LogP contribution in [0.5, 0.6) is 0 Å². The van der Waals surface area contributed by atoms with E-state index in [9.17, 15) is 9.59 Å². The largest absolute Gasteiger partial charge is 0.379 e. The number of amides is 2. The Morgan fingerprint density at radius 3 is 2.59 bits per heavy atom. The summed E-state index contributed by atoms with van der Waals surface area (Å²) in [5.41, 5.74) is 0.448. The van der Waals surface area contributed by atoms with Gasteiger partial charge in [-0.25, -0.2) is 0 Å². The lowest BCUT2D eigenvalue weighted by Crippen LogP contribution is -2.51. The monoisotopic (exact) mass is 391 g/mol. The van der Waals surface area contributed by atoms with Crippen LogP contribution in [0, 0.1) is 5.92 Å². The highest BCUT2D eigenvalue weighted by Crippen LogP contribution is 2.32. The Labute approximate surface area is 164 Å². The zero-order valence-electron chi connectivity index (χ0n) is 16.0. The number of oxime groups is 1. The van der Waals surface area contributed by atoms with Crippen molar-refractivity contribution >= 4 is 29.1 Å². The molecule has 2 aliphatic heterocycles. The normalized spacial score (nSPS) is 23.1. The molecule has 7 heteroatoms. The average molecular weight is 392 g/mol. The first-order chi connectivity index (χ1) is 12.8. The summed E-state index contributed by atoms with van der Waals surface area (Å²) >= 11 is 6.24. The molecule has 2 heterocycles. The fraction of sp³-hybridized carbons (Fsp3) is 0.550. The van der Waals surface area contributed by atoms with Crippen LogP contribution in [0.3, 0.4) is 0 Å². The second-order valence-corrected chi connectivity index (χ2v) is 8.15. The first kappa shape index (κ1) is 19.7. The molecule has 2 amide bonds. The van der Waals surface area contributed by atoms with Crippen LogP contribution in [-0.2, 0) is 14.4 Å². The Hall–Kier alpha value is -2.08. The van der Waals surface area contributed by atoms with Gasteiger partial charge in [0.15, 0.2) is 0 Å². The number of likely N-dealkylation sites (tertiary alicyclic amines) is 1. The van der Waals surface area contributed by atoms with Gasteiger partial charge in [0.1, 0.15) is 0 Å². The van der Waals surface area contributed by atoms with Crippen molar-refractivity contribution in [3.8, 4) is 0 Å². The zero-order valence-corrected chi connectivity index (χ0v) is 16.8. The summed E-state index contributed by atoms with van der Waals surface area (Å²) in [5.74, 6) is -0.0514. The minimum absolute atomic E-state index is 0.0383. The van der Waals surface area contributed by atoms with Crippen LogP contribution in [0.4, 0.5) is 0 Å². The highest BCUT2D eigenvalue weighted by Gasteiger charge is 2.45. The molecule has 1 unspecified atom stereocenters. The van der Waals surface area contributed by atoms with Crippen molar-refractivity contribution < 1.29 is 14.4 Å². The molecule has 3 rings (SSSR count). The average Bonchev–Trinajstić information content (AvgIpc) is 3.04. The van der Waals surface area contributed by atoms with Crippen molar-refractivity contribution in [2.24, 2.45) is 11.1 Å². The van der Waals surface area contributed by atoms with Gasteiger partial charge in [-0.05, 0) is 39.7 Å². The van der Waals surface area contributed by atoms with E-state index in [2.05, 4.69) is 10.5 Å². The van der Waals surface area contributed by atoms with Crippen molar-refractivity contribution in [3.05, 3.63) is 34.9 Å². The fourth-order valence-electron chi connectivity index (χ4n) is 3.58. The lowest BCUT2D eigenvalue weighted by atomic mass is 9.91. The second-order valence-electron chi connectivity index (χ2n) is 7.75. The molecule has 0 aromatic heterocycles. The van der Waals surface area contributed by atoms with Crippen LogP contribution in [0.2, 0.25) is 5.02 Å². The molecule has 0 aliphatic carbocycles. The predicted molar refractivity (Wildman–Crippen MR) is 105 cm³/mol. The number of hydrogen-bond donors (Lipinski definition) is 1. The van der Waals surface area contributed by atoms with E-state index in [4.69, 9.17) is 16.4 Å². The van der Waals surface area contributed by atoms with Gasteiger partial charge in [-0.2, -0.15) is 0 Å². The Balaban J connectivity index is 1.59. The minimum Gasteiger partial charge on any atom is -0.379 e. The quantitative estimate of drug-likeness (QED) is 0.857. The Morgan fingerprint density at radius 1 is 1.30 bits per heavy atom. The summed E-state index contributed by atoms with van der Waals surface area (Å²) < 4.78 is 0. The Morgan fingerprint density at radius 2 is 1.96 bits per heavy atom. The number of benzene rings is 1. The summed E-state index contributed by atoms with van der Waals surface area (Å²) in [6.07, 6.45) is 1.71. The van der Waals surface area contributed by atoms with E-state index < -0.39 is 5.60 Å². The van der Waals surface area contributed by atoms with E-state index in [0.717, 1.165) is 5.56 Å². The third-order valence-corrected chi connectivity index (χ3v) is 5.41. The molecule has 1 aromatic rings. The molecule has 2 aliphatic rings. The van der Waals surface area contributed by atoms with Crippen LogP contribution >= 0.6 is 11.6 Å². The van der Waals surface area contributed by atoms with Gasteiger partial charge in [0.25, 0.3) is 5.91 Å². The molecular weight excluding hydrogens is 366 g/mol. The lowest BCUT2D eigenvalue weighted by Gasteiger charge is -2.35. The topological polar surface area (TPSA) is 71.0 Å². The van der Waals surface area contributed by atoms with Crippen molar-refractivity contribution in [1.29, 1.82) is 0 Å². The summed E-state index contributed by atoms with van der Waals surface area (Å²) in [4.78, 5) is 32.5. The summed E-state index contributed by atoms with van der Waals surface area (Å²) in [6, 6.07) is 7.53. The van der Waals surface area contributed by atoms with Crippen molar-refractivity contribution in [2.45, 2.75) is 51.7 Å². The highest BCUT2D eigenvalue weighted by atomic mass is 35.5. The molecule has 1 N–H and O–H groups in total. The number of carbonyl (C=O) groups excluding carboxylic acids is 2.